The second-order valence-corrected chi connectivity index (χ2v) is 8.50. The Hall–Kier alpha value is -3.89. The first kappa shape index (κ1) is 23.3. The third-order valence-electron chi connectivity index (χ3n) is 5.69. The second kappa shape index (κ2) is 10.4. The minimum absolute atomic E-state index is 0.276. The van der Waals surface area contributed by atoms with Gasteiger partial charge in [0.15, 0.2) is 0 Å². The molecule has 0 fully saturated rings. The number of para-hydroxylation sites is 2. The molecule has 0 spiro atoms. The van der Waals surface area contributed by atoms with Crippen molar-refractivity contribution in [2.75, 3.05) is 10.2 Å². The van der Waals surface area contributed by atoms with Crippen molar-refractivity contribution in [3.05, 3.63) is 130 Å². The molecule has 0 saturated heterocycles. The first-order chi connectivity index (χ1) is 16.5. The maximum Gasteiger partial charge on any atom is 0.260 e. The average Bonchev–Trinajstić information content (AvgIpc) is 2.85. The van der Waals surface area contributed by atoms with E-state index in [0.29, 0.717) is 28.4 Å². The van der Waals surface area contributed by atoms with Crippen LogP contribution in [0.1, 0.15) is 37.4 Å². The summed E-state index contributed by atoms with van der Waals surface area (Å²) in [5.41, 5.74) is 4.95. The Morgan fingerprint density at radius 2 is 1.32 bits per heavy atom. The second-order valence-electron chi connectivity index (χ2n) is 8.09. The van der Waals surface area contributed by atoms with Gasteiger partial charge in [-0.2, -0.15) is 0 Å². The molecule has 0 aliphatic carbocycles. The molecule has 0 aliphatic rings. The van der Waals surface area contributed by atoms with E-state index in [9.17, 15) is 9.59 Å². The Morgan fingerprint density at radius 1 is 0.735 bits per heavy atom. The SMILES string of the molecule is Cc1cccc(C)c1NC(=O)c1ccccc1N(Cc1ccccc1)C(=O)c1ccccc1Cl. The van der Waals surface area contributed by atoms with Crippen molar-refractivity contribution >= 4 is 34.8 Å². The number of benzene rings is 4. The highest BCUT2D eigenvalue weighted by Gasteiger charge is 2.25. The summed E-state index contributed by atoms with van der Waals surface area (Å²) < 4.78 is 0. The molecule has 1 N–H and O–H groups in total. The van der Waals surface area contributed by atoms with Gasteiger partial charge < -0.3 is 10.2 Å². The van der Waals surface area contributed by atoms with Crippen LogP contribution < -0.4 is 10.2 Å². The zero-order valence-electron chi connectivity index (χ0n) is 19.1. The summed E-state index contributed by atoms with van der Waals surface area (Å²) in [5.74, 6) is -0.556. The van der Waals surface area contributed by atoms with E-state index in [4.69, 9.17) is 11.6 Å². The number of hydrogen-bond acceptors (Lipinski definition) is 2. The van der Waals surface area contributed by atoms with Crippen molar-refractivity contribution in [1.29, 1.82) is 0 Å². The van der Waals surface area contributed by atoms with Crippen LogP contribution in [0.5, 0.6) is 0 Å². The molecule has 0 aromatic heterocycles. The molecule has 5 heteroatoms. The molecule has 34 heavy (non-hydrogen) atoms. The highest BCUT2D eigenvalue weighted by atomic mass is 35.5. The fourth-order valence-corrected chi connectivity index (χ4v) is 4.12. The lowest BCUT2D eigenvalue weighted by molar-refractivity contribution is 0.0985. The Kier molecular flexibility index (Phi) is 7.09. The van der Waals surface area contributed by atoms with Crippen LogP contribution in [0.2, 0.25) is 5.02 Å². The van der Waals surface area contributed by atoms with Crippen molar-refractivity contribution in [1.82, 2.24) is 0 Å². The zero-order valence-corrected chi connectivity index (χ0v) is 19.8. The van der Waals surface area contributed by atoms with Crippen LogP contribution in [0.4, 0.5) is 11.4 Å². The predicted octanol–water partition coefficient (Wildman–Crippen LogP) is 7.06. The van der Waals surface area contributed by atoms with E-state index < -0.39 is 0 Å². The smallest absolute Gasteiger partial charge is 0.260 e. The molecule has 0 atom stereocenters. The molecule has 4 aromatic rings. The minimum atomic E-state index is -0.280. The first-order valence-corrected chi connectivity index (χ1v) is 11.4. The fraction of sp³-hybridized carbons (Fsp3) is 0.103. The molecule has 0 unspecified atom stereocenters. The molecular formula is C29H25ClN2O2. The monoisotopic (exact) mass is 468 g/mol. The molecule has 0 bridgehead atoms. The van der Waals surface area contributed by atoms with Crippen LogP contribution in [0.25, 0.3) is 0 Å². The van der Waals surface area contributed by atoms with Crippen molar-refractivity contribution in [2.24, 2.45) is 0 Å². The van der Waals surface area contributed by atoms with Gasteiger partial charge in [0.25, 0.3) is 11.8 Å². The van der Waals surface area contributed by atoms with Gasteiger partial charge in [-0.25, -0.2) is 0 Å². The third-order valence-corrected chi connectivity index (χ3v) is 6.02. The summed E-state index contributed by atoms with van der Waals surface area (Å²) in [4.78, 5) is 28.8. The molecule has 0 aliphatic heterocycles. The zero-order chi connectivity index (χ0) is 24.1. The Balaban J connectivity index is 1.77. The average molecular weight is 469 g/mol. The van der Waals surface area contributed by atoms with Crippen LogP contribution >= 0.6 is 11.6 Å². The number of halogens is 1. The van der Waals surface area contributed by atoms with Crippen LogP contribution in [0.3, 0.4) is 0 Å². The lowest BCUT2D eigenvalue weighted by Crippen LogP contribution is -2.32. The van der Waals surface area contributed by atoms with Gasteiger partial charge in [-0.15, -0.1) is 0 Å². The van der Waals surface area contributed by atoms with Crippen LogP contribution in [-0.2, 0) is 6.54 Å². The fourth-order valence-electron chi connectivity index (χ4n) is 3.91. The molecule has 0 radical (unpaired) electrons. The van der Waals surface area contributed by atoms with Gasteiger partial charge in [0.1, 0.15) is 0 Å². The van der Waals surface area contributed by atoms with Crippen molar-refractivity contribution in [3.8, 4) is 0 Å². The molecule has 0 saturated carbocycles. The number of carbonyl (C=O) groups excluding carboxylic acids is 2. The van der Waals surface area contributed by atoms with Gasteiger partial charge >= 0.3 is 0 Å². The standard InChI is InChI=1S/C29H25ClN2O2/c1-20-11-10-12-21(2)27(20)31-28(33)24-16-7-9-18-26(24)32(19-22-13-4-3-5-14-22)29(34)23-15-6-8-17-25(23)30/h3-18H,19H2,1-2H3,(H,31,33). The highest BCUT2D eigenvalue weighted by molar-refractivity contribution is 6.34. The third kappa shape index (κ3) is 5.03. The molecule has 4 aromatic carbocycles. The van der Waals surface area contributed by atoms with E-state index in [0.717, 1.165) is 22.4 Å². The quantitative estimate of drug-likeness (QED) is 0.329. The molecule has 170 valence electrons. The van der Waals surface area contributed by atoms with Gasteiger partial charge in [-0.05, 0) is 54.8 Å². The Bertz CT molecular complexity index is 1310. The van der Waals surface area contributed by atoms with Crippen molar-refractivity contribution < 1.29 is 9.59 Å². The summed E-state index contributed by atoms with van der Waals surface area (Å²) in [5, 5.41) is 3.40. The lowest BCUT2D eigenvalue weighted by Gasteiger charge is -2.26. The first-order valence-electron chi connectivity index (χ1n) is 11.0. The predicted molar refractivity (Wildman–Crippen MR) is 139 cm³/mol. The van der Waals surface area contributed by atoms with E-state index in [1.807, 2.05) is 68.4 Å². The minimum Gasteiger partial charge on any atom is -0.321 e. The summed E-state index contributed by atoms with van der Waals surface area (Å²) in [6.07, 6.45) is 0. The van der Waals surface area contributed by atoms with Gasteiger partial charge in [0, 0.05) is 5.69 Å². The highest BCUT2D eigenvalue weighted by Crippen LogP contribution is 2.28. The maximum absolute atomic E-state index is 13.7. The summed E-state index contributed by atoms with van der Waals surface area (Å²) in [7, 11) is 0. The number of anilines is 2. The lowest BCUT2D eigenvalue weighted by atomic mass is 10.1. The molecule has 0 heterocycles. The number of amides is 2. The summed E-state index contributed by atoms with van der Waals surface area (Å²) >= 11 is 6.37. The van der Waals surface area contributed by atoms with Gasteiger partial charge in [0.05, 0.1) is 28.4 Å². The summed E-state index contributed by atoms with van der Waals surface area (Å²) in [6.45, 7) is 4.20. The number of nitrogens with zero attached hydrogens (tertiary/aromatic N) is 1. The normalized spacial score (nSPS) is 10.6. The molecule has 2 amide bonds. The number of aryl methyl sites for hydroxylation is 2. The van der Waals surface area contributed by atoms with Gasteiger partial charge in [-0.3, -0.25) is 9.59 Å². The van der Waals surface area contributed by atoms with E-state index in [1.54, 1.807) is 47.4 Å². The Morgan fingerprint density at radius 3 is 2.00 bits per heavy atom. The molecule has 4 rings (SSSR count). The Labute approximate surface area is 204 Å². The maximum atomic E-state index is 13.7. The van der Waals surface area contributed by atoms with Gasteiger partial charge in [0.2, 0.25) is 0 Å². The van der Waals surface area contributed by atoms with Crippen molar-refractivity contribution in [2.45, 2.75) is 20.4 Å². The number of carbonyl (C=O) groups is 2. The molecule has 4 nitrogen and oxygen atoms in total. The van der Waals surface area contributed by atoms with E-state index in [-0.39, 0.29) is 11.8 Å². The number of nitrogens with one attached hydrogen (secondary N) is 1. The topological polar surface area (TPSA) is 49.4 Å². The molecular weight excluding hydrogens is 444 g/mol. The van der Waals surface area contributed by atoms with Crippen molar-refractivity contribution in [3.63, 3.8) is 0 Å². The van der Waals surface area contributed by atoms with Gasteiger partial charge in [-0.1, -0.05) is 84.4 Å². The largest absolute Gasteiger partial charge is 0.321 e. The number of rotatable bonds is 6. The van der Waals surface area contributed by atoms with E-state index in [2.05, 4.69) is 5.32 Å². The number of hydrogen-bond donors (Lipinski definition) is 1. The van der Waals surface area contributed by atoms with Crippen LogP contribution in [0.15, 0.2) is 97.1 Å². The van der Waals surface area contributed by atoms with E-state index in [1.165, 1.54) is 0 Å². The summed E-state index contributed by atoms with van der Waals surface area (Å²) in [6, 6.07) is 29.6. The van der Waals surface area contributed by atoms with Crippen LogP contribution in [0, 0.1) is 13.8 Å². The van der Waals surface area contributed by atoms with Crippen LogP contribution in [-0.4, -0.2) is 11.8 Å². The van der Waals surface area contributed by atoms with E-state index >= 15 is 0 Å².